The topological polar surface area (TPSA) is 105 Å². The molecular weight excluding hydrogens is 210 g/mol. The predicted molar refractivity (Wildman–Crippen MR) is 61.0 cm³/mol. The van der Waals surface area contributed by atoms with Crippen molar-refractivity contribution >= 4 is 23.9 Å². The second-order valence-electron chi connectivity index (χ2n) is 2.91. The van der Waals surface area contributed by atoms with E-state index in [-0.39, 0.29) is 12.4 Å². The molecule has 0 unspecified atom stereocenters. The van der Waals surface area contributed by atoms with Gasteiger partial charge in [0.1, 0.15) is 5.82 Å². The van der Waals surface area contributed by atoms with Crippen LogP contribution in [0.25, 0.3) is 0 Å². The highest BCUT2D eigenvalue weighted by atomic mass is 16.3. The third-order valence-corrected chi connectivity index (χ3v) is 1.70. The van der Waals surface area contributed by atoms with Crippen LogP contribution in [0.5, 0.6) is 0 Å². The van der Waals surface area contributed by atoms with Crippen LogP contribution in [-0.2, 0) is 16.0 Å². The molecule has 0 aliphatic carbocycles. The summed E-state index contributed by atoms with van der Waals surface area (Å²) in [5.74, 6) is 0.422. The maximum atomic E-state index is 10.7. The molecule has 0 bridgehead atoms. The Balaban J connectivity index is 0.000000673. The summed E-state index contributed by atoms with van der Waals surface area (Å²) in [7, 11) is 0. The summed E-state index contributed by atoms with van der Waals surface area (Å²) in [5, 5.41) is 9.54. The highest BCUT2D eigenvalue weighted by Gasteiger charge is 2.01. The smallest absolute Gasteiger partial charge is 0.290 e. The molecule has 1 rings (SSSR count). The van der Waals surface area contributed by atoms with E-state index in [2.05, 4.69) is 10.3 Å². The van der Waals surface area contributed by atoms with Crippen molar-refractivity contribution in [2.45, 2.75) is 20.3 Å². The molecule has 0 spiro atoms. The van der Waals surface area contributed by atoms with Crippen molar-refractivity contribution < 1.29 is 14.7 Å². The van der Waals surface area contributed by atoms with Crippen molar-refractivity contribution in [3.05, 3.63) is 17.8 Å². The molecule has 0 aliphatic heterocycles. The largest absolute Gasteiger partial charge is 0.483 e. The van der Waals surface area contributed by atoms with Crippen molar-refractivity contribution in [1.29, 1.82) is 0 Å². The number of nitrogens with one attached hydrogen (secondary N) is 1. The fourth-order valence-electron chi connectivity index (χ4n) is 1.08. The van der Waals surface area contributed by atoms with Gasteiger partial charge in [0.15, 0.2) is 0 Å². The lowest BCUT2D eigenvalue weighted by Crippen LogP contribution is -2.07. The Morgan fingerprint density at radius 3 is 2.69 bits per heavy atom. The summed E-state index contributed by atoms with van der Waals surface area (Å²) < 4.78 is 0. The first-order valence-electron chi connectivity index (χ1n) is 4.65. The Labute approximate surface area is 93.5 Å². The molecule has 1 heterocycles. The van der Waals surface area contributed by atoms with E-state index in [4.69, 9.17) is 15.6 Å². The van der Waals surface area contributed by atoms with E-state index >= 15 is 0 Å². The van der Waals surface area contributed by atoms with Gasteiger partial charge in [0.05, 0.1) is 11.9 Å². The second-order valence-corrected chi connectivity index (χ2v) is 2.91. The van der Waals surface area contributed by atoms with Crippen molar-refractivity contribution in [3.63, 3.8) is 0 Å². The van der Waals surface area contributed by atoms with Crippen LogP contribution >= 0.6 is 0 Å². The molecule has 0 atom stereocenters. The lowest BCUT2D eigenvalue weighted by Gasteiger charge is -2.05. The number of anilines is 2. The number of hydrogen-bond donors (Lipinski definition) is 3. The summed E-state index contributed by atoms with van der Waals surface area (Å²) in [6.07, 6.45) is 2.36. The van der Waals surface area contributed by atoms with Gasteiger partial charge in [-0.05, 0) is 18.1 Å². The highest BCUT2D eigenvalue weighted by molar-refractivity contribution is 5.88. The van der Waals surface area contributed by atoms with Gasteiger partial charge < -0.3 is 16.2 Å². The van der Waals surface area contributed by atoms with E-state index in [0.717, 1.165) is 12.0 Å². The lowest BCUT2D eigenvalue weighted by atomic mass is 10.2. The molecular formula is C10H15N3O3. The molecule has 88 valence electrons. The Hall–Kier alpha value is -2.11. The number of hydrogen-bond acceptors (Lipinski definition) is 4. The van der Waals surface area contributed by atoms with Gasteiger partial charge in [0, 0.05) is 6.92 Å². The van der Waals surface area contributed by atoms with Gasteiger partial charge in [-0.2, -0.15) is 0 Å². The SMILES string of the molecule is CCc1cc(NC(C)=O)cnc1N.O=CO. The van der Waals surface area contributed by atoms with Gasteiger partial charge in [0.25, 0.3) is 6.47 Å². The number of nitrogens with zero attached hydrogens (tertiary/aromatic N) is 1. The summed E-state index contributed by atoms with van der Waals surface area (Å²) in [5.41, 5.74) is 7.25. The number of amides is 1. The van der Waals surface area contributed by atoms with Gasteiger partial charge in [-0.25, -0.2) is 4.98 Å². The van der Waals surface area contributed by atoms with Crippen LogP contribution in [0, 0.1) is 0 Å². The molecule has 1 aromatic rings. The van der Waals surface area contributed by atoms with E-state index in [0.29, 0.717) is 11.5 Å². The molecule has 0 radical (unpaired) electrons. The van der Waals surface area contributed by atoms with Crippen molar-refractivity contribution in [3.8, 4) is 0 Å². The third-order valence-electron chi connectivity index (χ3n) is 1.70. The average molecular weight is 225 g/mol. The van der Waals surface area contributed by atoms with E-state index in [1.807, 2.05) is 13.0 Å². The van der Waals surface area contributed by atoms with Gasteiger partial charge in [0.2, 0.25) is 5.91 Å². The Kier molecular flexibility index (Phi) is 6.27. The fraction of sp³-hybridized carbons (Fsp3) is 0.300. The maximum Gasteiger partial charge on any atom is 0.290 e. The monoisotopic (exact) mass is 225 g/mol. The molecule has 0 aromatic carbocycles. The van der Waals surface area contributed by atoms with Crippen LogP contribution in [0.1, 0.15) is 19.4 Å². The molecule has 0 saturated carbocycles. The Morgan fingerprint density at radius 1 is 1.69 bits per heavy atom. The molecule has 1 amide bonds. The molecule has 6 heteroatoms. The van der Waals surface area contributed by atoms with Crippen molar-refractivity contribution in [1.82, 2.24) is 4.98 Å². The van der Waals surface area contributed by atoms with Gasteiger partial charge >= 0.3 is 0 Å². The van der Waals surface area contributed by atoms with Crippen LogP contribution in [-0.4, -0.2) is 22.5 Å². The quantitative estimate of drug-likeness (QED) is 0.648. The van der Waals surface area contributed by atoms with Gasteiger partial charge in [-0.3, -0.25) is 9.59 Å². The number of pyridine rings is 1. The fourth-order valence-corrected chi connectivity index (χ4v) is 1.08. The Morgan fingerprint density at radius 2 is 2.25 bits per heavy atom. The Bertz CT molecular complexity index is 366. The minimum absolute atomic E-state index is 0.103. The highest BCUT2D eigenvalue weighted by Crippen LogP contribution is 2.14. The first-order valence-corrected chi connectivity index (χ1v) is 4.65. The summed E-state index contributed by atoms with van der Waals surface area (Å²) in [4.78, 5) is 23.1. The maximum absolute atomic E-state index is 10.7. The zero-order valence-corrected chi connectivity index (χ0v) is 9.23. The van der Waals surface area contributed by atoms with Gasteiger partial charge in [-0.1, -0.05) is 6.92 Å². The molecule has 6 nitrogen and oxygen atoms in total. The van der Waals surface area contributed by atoms with E-state index in [1.54, 1.807) is 6.20 Å². The normalized spacial score (nSPS) is 8.62. The number of nitrogens with two attached hydrogens (primary N) is 1. The summed E-state index contributed by atoms with van der Waals surface area (Å²) in [6, 6.07) is 1.84. The van der Waals surface area contributed by atoms with E-state index in [1.165, 1.54) is 6.92 Å². The summed E-state index contributed by atoms with van der Waals surface area (Å²) in [6.45, 7) is 3.20. The van der Waals surface area contributed by atoms with Crippen molar-refractivity contribution in [2.24, 2.45) is 0 Å². The molecule has 4 N–H and O–H groups in total. The van der Waals surface area contributed by atoms with Crippen LogP contribution < -0.4 is 11.1 Å². The van der Waals surface area contributed by atoms with Gasteiger partial charge in [-0.15, -0.1) is 0 Å². The first-order chi connectivity index (χ1) is 7.54. The molecule has 0 aliphatic rings. The number of carboxylic acid groups (broad SMARTS) is 1. The van der Waals surface area contributed by atoms with Crippen LogP contribution in [0.4, 0.5) is 11.5 Å². The second kappa shape index (κ2) is 7.22. The zero-order chi connectivity index (χ0) is 12.6. The van der Waals surface area contributed by atoms with Crippen LogP contribution in [0.3, 0.4) is 0 Å². The van der Waals surface area contributed by atoms with E-state index in [9.17, 15) is 4.79 Å². The number of carbonyl (C=O) groups is 2. The average Bonchev–Trinajstić information content (AvgIpc) is 2.21. The molecule has 1 aromatic heterocycles. The van der Waals surface area contributed by atoms with Crippen molar-refractivity contribution in [2.75, 3.05) is 11.1 Å². The summed E-state index contributed by atoms with van der Waals surface area (Å²) >= 11 is 0. The number of aryl methyl sites for hydroxylation is 1. The minimum Gasteiger partial charge on any atom is -0.483 e. The lowest BCUT2D eigenvalue weighted by molar-refractivity contribution is -0.123. The van der Waals surface area contributed by atoms with E-state index < -0.39 is 0 Å². The number of rotatable bonds is 2. The van der Waals surface area contributed by atoms with Crippen LogP contribution in [0.2, 0.25) is 0 Å². The number of carbonyl (C=O) groups excluding carboxylic acids is 1. The predicted octanol–water partition coefficient (Wildman–Crippen LogP) is 0.885. The molecule has 16 heavy (non-hydrogen) atoms. The first kappa shape index (κ1) is 13.9. The third kappa shape index (κ3) is 4.94. The zero-order valence-electron chi connectivity index (χ0n) is 9.23. The molecule has 0 saturated heterocycles. The minimum atomic E-state index is -0.250. The molecule has 0 fully saturated rings. The van der Waals surface area contributed by atoms with Crippen LogP contribution in [0.15, 0.2) is 12.3 Å². The number of aromatic nitrogens is 1. The standard InChI is InChI=1S/C9H13N3O.CH2O2/c1-3-7-4-8(12-6(2)13)5-11-9(7)10;2-1-3/h4-5H,3H2,1-2H3,(H2,10,11)(H,12,13);1H,(H,2,3). The number of nitrogen functional groups attached to an aromatic ring is 1.